The molecule has 3 N–H and O–H groups in total. The number of rotatable bonds is 6. The number of aromatic nitrogens is 1. The quantitative estimate of drug-likeness (QED) is 0.324. The molecule has 0 saturated carbocycles. The predicted octanol–water partition coefficient (Wildman–Crippen LogP) is 5.22. The van der Waals surface area contributed by atoms with Crippen LogP contribution in [0.4, 0.5) is 5.69 Å². The van der Waals surface area contributed by atoms with Crippen LogP contribution in [0.15, 0.2) is 66.0 Å². The first kappa shape index (κ1) is 20.9. The molecule has 5 nitrogen and oxygen atoms in total. The lowest BCUT2D eigenvalue weighted by Crippen LogP contribution is -2.76. The van der Waals surface area contributed by atoms with Crippen molar-refractivity contribution in [1.82, 2.24) is 4.98 Å². The van der Waals surface area contributed by atoms with Crippen LogP contribution in [0.2, 0.25) is 0 Å². The number of carboxylic acids is 1. The van der Waals surface area contributed by atoms with Gasteiger partial charge in [-0.1, -0.05) is 48.0 Å². The number of aromatic carboxylic acids is 1. The van der Waals surface area contributed by atoms with Crippen molar-refractivity contribution < 1.29 is 20.2 Å². The second-order valence-corrected chi connectivity index (χ2v) is 8.22. The van der Waals surface area contributed by atoms with Gasteiger partial charge in [-0.05, 0) is 31.5 Å². The van der Waals surface area contributed by atoms with Gasteiger partial charge in [0.25, 0.3) is 0 Å². The number of carbonyl (C=O) groups is 1. The van der Waals surface area contributed by atoms with E-state index in [4.69, 9.17) is 9.82 Å². The third-order valence-electron chi connectivity index (χ3n) is 5.15. The molecule has 1 aromatic heterocycles. The molecule has 0 fully saturated rings. The average Bonchev–Trinajstić information content (AvgIpc) is 3.24. The Bertz CT molecular complexity index is 1260. The van der Waals surface area contributed by atoms with E-state index in [1.165, 1.54) is 22.5 Å². The zero-order valence-corrected chi connectivity index (χ0v) is 18.4. The molecule has 0 saturated heterocycles. The van der Waals surface area contributed by atoms with Gasteiger partial charge < -0.3 is 5.11 Å². The monoisotopic (exact) mass is 431 g/mol. The molecule has 1 heterocycles. The minimum atomic E-state index is -0.977. The molecule has 0 unspecified atom stereocenters. The van der Waals surface area contributed by atoms with Crippen LogP contribution in [0, 0.1) is 13.8 Å². The standard InChI is InChI=1S/C25H22N2O3S/c1-15-8-10-18(16(2)12-15)23-14-31-24(26-23)17-9-11-19(21(13-17)25(28)29)20-6-4-5-7-22(20)27-30-3/h4-14,27H,1-3H3,(H,28,29)/p+1. The van der Waals surface area contributed by atoms with E-state index >= 15 is 0 Å². The van der Waals surface area contributed by atoms with Gasteiger partial charge in [0, 0.05) is 33.7 Å². The minimum absolute atomic E-state index is 0.234. The summed E-state index contributed by atoms with van der Waals surface area (Å²) in [5, 5.41) is 12.7. The molecule has 0 amide bonds. The Balaban J connectivity index is 1.76. The molecule has 0 spiro atoms. The highest BCUT2D eigenvalue weighted by atomic mass is 32.1. The summed E-state index contributed by atoms with van der Waals surface area (Å²) in [7, 11) is 1.58. The summed E-state index contributed by atoms with van der Waals surface area (Å²) in [6, 6.07) is 19.3. The van der Waals surface area contributed by atoms with E-state index < -0.39 is 5.97 Å². The first-order chi connectivity index (χ1) is 15.0. The highest BCUT2D eigenvalue weighted by Gasteiger charge is 2.19. The number of carboxylic acid groups (broad SMARTS) is 1. The van der Waals surface area contributed by atoms with Gasteiger partial charge in [0.1, 0.15) is 5.01 Å². The number of nitrogens with zero attached hydrogens (tertiary/aromatic N) is 1. The molecule has 0 aliphatic carbocycles. The predicted molar refractivity (Wildman–Crippen MR) is 123 cm³/mol. The van der Waals surface area contributed by atoms with Crippen molar-refractivity contribution in [2.45, 2.75) is 13.8 Å². The second kappa shape index (κ2) is 8.81. The van der Waals surface area contributed by atoms with Gasteiger partial charge in [-0.15, -0.1) is 11.3 Å². The Labute approximate surface area is 184 Å². The van der Waals surface area contributed by atoms with E-state index in [-0.39, 0.29) is 5.56 Å². The maximum atomic E-state index is 12.1. The van der Waals surface area contributed by atoms with E-state index in [1.807, 2.05) is 41.8 Å². The first-order valence-electron chi connectivity index (χ1n) is 9.84. The number of nitrogens with two attached hydrogens (primary N) is 1. The van der Waals surface area contributed by atoms with Crippen molar-refractivity contribution >= 4 is 23.0 Å². The largest absolute Gasteiger partial charge is 0.478 e. The van der Waals surface area contributed by atoms with Crippen LogP contribution in [0.5, 0.6) is 0 Å². The number of thiazole rings is 1. The van der Waals surface area contributed by atoms with Crippen LogP contribution < -0.4 is 5.48 Å². The van der Waals surface area contributed by atoms with Crippen molar-refractivity contribution in [2.24, 2.45) is 0 Å². The first-order valence-corrected chi connectivity index (χ1v) is 10.7. The normalized spacial score (nSPS) is 10.9. The Morgan fingerprint density at radius 1 is 1.00 bits per heavy atom. The lowest BCUT2D eigenvalue weighted by molar-refractivity contribution is -0.829. The fourth-order valence-electron chi connectivity index (χ4n) is 3.69. The summed E-state index contributed by atoms with van der Waals surface area (Å²) in [5.74, 6) is -0.977. The summed E-state index contributed by atoms with van der Waals surface area (Å²) in [6.07, 6.45) is 0. The number of benzene rings is 3. The highest BCUT2D eigenvalue weighted by molar-refractivity contribution is 7.13. The third kappa shape index (κ3) is 4.27. The van der Waals surface area contributed by atoms with E-state index in [9.17, 15) is 9.90 Å². The SMILES string of the molecule is CO[NH2+]c1ccccc1-c1ccc(-c2nc(-c3ccc(C)cc3C)cs2)cc1C(=O)O. The van der Waals surface area contributed by atoms with Gasteiger partial charge in [-0.2, -0.15) is 5.48 Å². The molecule has 4 aromatic rings. The maximum absolute atomic E-state index is 12.1. The van der Waals surface area contributed by atoms with E-state index in [1.54, 1.807) is 18.7 Å². The summed E-state index contributed by atoms with van der Waals surface area (Å²) >= 11 is 1.51. The smallest absolute Gasteiger partial charge is 0.336 e. The highest BCUT2D eigenvalue weighted by Crippen LogP contribution is 2.35. The Morgan fingerprint density at radius 3 is 2.52 bits per heavy atom. The van der Waals surface area contributed by atoms with Crippen LogP contribution in [-0.2, 0) is 4.84 Å². The fourth-order valence-corrected chi connectivity index (χ4v) is 4.51. The lowest BCUT2D eigenvalue weighted by atomic mass is 9.96. The molecule has 6 heteroatoms. The Morgan fingerprint density at radius 2 is 1.77 bits per heavy atom. The molecule has 31 heavy (non-hydrogen) atoms. The molecular weight excluding hydrogens is 408 g/mol. The zero-order valence-electron chi connectivity index (χ0n) is 17.5. The topological polar surface area (TPSA) is 76.0 Å². The number of hydrogen-bond donors (Lipinski definition) is 2. The van der Waals surface area contributed by atoms with Crippen LogP contribution in [0.3, 0.4) is 0 Å². The van der Waals surface area contributed by atoms with Crippen LogP contribution in [0.1, 0.15) is 21.5 Å². The maximum Gasteiger partial charge on any atom is 0.336 e. The summed E-state index contributed by atoms with van der Waals surface area (Å²) < 4.78 is 0. The molecule has 0 aliphatic rings. The van der Waals surface area contributed by atoms with Crippen molar-refractivity contribution in [3.05, 3.63) is 82.7 Å². The summed E-state index contributed by atoms with van der Waals surface area (Å²) in [5.41, 5.74) is 9.29. The van der Waals surface area contributed by atoms with Gasteiger partial charge in [0.15, 0.2) is 5.69 Å². The summed E-state index contributed by atoms with van der Waals surface area (Å²) in [4.78, 5) is 22.0. The van der Waals surface area contributed by atoms with Crippen molar-refractivity contribution in [1.29, 1.82) is 0 Å². The number of aryl methyl sites for hydroxylation is 2. The lowest BCUT2D eigenvalue weighted by Gasteiger charge is -2.10. The molecule has 3 aromatic carbocycles. The Hall–Kier alpha value is -3.32. The van der Waals surface area contributed by atoms with Crippen molar-refractivity contribution in [3.63, 3.8) is 0 Å². The van der Waals surface area contributed by atoms with Gasteiger partial charge in [0.05, 0.1) is 18.4 Å². The average molecular weight is 432 g/mol. The minimum Gasteiger partial charge on any atom is -0.478 e. The van der Waals surface area contributed by atoms with E-state index in [0.717, 1.165) is 33.1 Å². The number of hydrogen-bond acceptors (Lipinski definition) is 4. The zero-order chi connectivity index (χ0) is 22.0. The number of quaternary nitrogens is 1. The molecule has 0 bridgehead atoms. The van der Waals surface area contributed by atoms with Crippen LogP contribution in [0.25, 0.3) is 33.0 Å². The van der Waals surface area contributed by atoms with Crippen LogP contribution in [-0.4, -0.2) is 23.2 Å². The van der Waals surface area contributed by atoms with E-state index in [2.05, 4.69) is 32.0 Å². The molecule has 156 valence electrons. The molecule has 4 rings (SSSR count). The molecule has 0 atom stereocenters. The third-order valence-corrected chi connectivity index (χ3v) is 6.05. The van der Waals surface area contributed by atoms with Gasteiger partial charge in [-0.3, -0.25) is 0 Å². The van der Waals surface area contributed by atoms with Crippen LogP contribution >= 0.6 is 11.3 Å². The molecular formula is C25H23N2O3S+. The Kier molecular flexibility index (Phi) is 5.95. The van der Waals surface area contributed by atoms with E-state index in [0.29, 0.717) is 5.56 Å². The fraction of sp³-hybridized carbons (Fsp3) is 0.120. The van der Waals surface area contributed by atoms with Gasteiger partial charge in [0.2, 0.25) is 0 Å². The van der Waals surface area contributed by atoms with Crippen molar-refractivity contribution in [2.75, 3.05) is 7.11 Å². The molecule has 0 aliphatic heterocycles. The molecule has 0 radical (unpaired) electrons. The summed E-state index contributed by atoms with van der Waals surface area (Å²) in [6.45, 7) is 4.15. The second-order valence-electron chi connectivity index (χ2n) is 7.36. The van der Waals surface area contributed by atoms with Crippen molar-refractivity contribution in [3.8, 4) is 33.0 Å². The van der Waals surface area contributed by atoms with Gasteiger partial charge >= 0.3 is 5.97 Å². The van der Waals surface area contributed by atoms with Gasteiger partial charge in [-0.25, -0.2) is 14.6 Å².